The van der Waals surface area contributed by atoms with Crippen molar-refractivity contribution >= 4 is 11.2 Å². The number of hydrogen-bond acceptors (Lipinski definition) is 4. The number of nitrogens with zero attached hydrogens (tertiary/aromatic N) is 2. The molecule has 3 N–H and O–H groups in total. The molecule has 1 aliphatic rings. The molecule has 96 valence electrons. The summed E-state index contributed by atoms with van der Waals surface area (Å²) in [5.74, 6) is 2.09. The van der Waals surface area contributed by atoms with Gasteiger partial charge in [-0.1, -0.05) is 0 Å². The lowest BCUT2D eigenvalue weighted by Crippen LogP contribution is -2.14. The van der Waals surface area contributed by atoms with Crippen LogP contribution in [-0.4, -0.2) is 27.6 Å². The highest BCUT2D eigenvalue weighted by Gasteiger charge is 2.25. The Bertz CT molecular complexity index is 551. The fourth-order valence-electron chi connectivity index (χ4n) is 2.58. The van der Waals surface area contributed by atoms with Gasteiger partial charge in [-0.2, -0.15) is 4.98 Å². The predicted molar refractivity (Wildman–Crippen MR) is 69.6 cm³/mol. The Kier molecular flexibility index (Phi) is 2.91. The first-order valence-corrected chi connectivity index (χ1v) is 6.51. The van der Waals surface area contributed by atoms with Gasteiger partial charge in [0.1, 0.15) is 5.82 Å². The Labute approximate surface area is 106 Å². The summed E-state index contributed by atoms with van der Waals surface area (Å²) in [6.45, 7) is 2.56. The number of rotatable bonds is 3. The van der Waals surface area contributed by atoms with Crippen LogP contribution >= 0.6 is 0 Å². The van der Waals surface area contributed by atoms with Gasteiger partial charge < -0.3 is 15.5 Å². The highest BCUT2D eigenvalue weighted by molar-refractivity contribution is 5.71. The monoisotopic (exact) mass is 246 g/mol. The minimum Gasteiger partial charge on any atom is -0.478 e. The number of ether oxygens (including phenoxy) is 1. The number of hydrogen-bond donors (Lipinski definition) is 2. The quantitative estimate of drug-likeness (QED) is 0.867. The van der Waals surface area contributed by atoms with Crippen LogP contribution in [0.25, 0.3) is 11.2 Å². The molecule has 5 nitrogen and oxygen atoms in total. The Morgan fingerprint density at radius 1 is 1.39 bits per heavy atom. The highest BCUT2D eigenvalue weighted by Crippen LogP contribution is 2.32. The summed E-state index contributed by atoms with van der Waals surface area (Å²) in [6.07, 6.45) is 3.21. The molecule has 2 atom stereocenters. The molecule has 2 aromatic rings. The Hall–Kier alpha value is -1.62. The van der Waals surface area contributed by atoms with Crippen molar-refractivity contribution in [2.24, 2.45) is 5.73 Å². The lowest BCUT2D eigenvalue weighted by Gasteiger charge is -2.04. The summed E-state index contributed by atoms with van der Waals surface area (Å²) in [7, 11) is 0. The number of aromatic nitrogens is 3. The van der Waals surface area contributed by atoms with Gasteiger partial charge in [-0.05, 0) is 32.3 Å². The minimum absolute atomic E-state index is 0.315. The average molecular weight is 246 g/mol. The van der Waals surface area contributed by atoms with E-state index < -0.39 is 0 Å². The first kappa shape index (κ1) is 11.5. The number of pyridine rings is 1. The summed E-state index contributed by atoms with van der Waals surface area (Å²) in [4.78, 5) is 12.3. The molecule has 0 aliphatic heterocycles. The molecule has 18 heavy (non-hydrogen) atoms. The molecule has 2 heterocycles. The molecule has 1 saturated carbocycles. The molecule has 2 aromatic heterocycles. The fraction of sp³-hybridized carbons (Fsp3) is 0.538. The molecule has 0 amide bonds. The number of nitrogens with two attached hydrogens (primary N) is 1. The van der Waals surface area contributed by atoms with Gasteiger partial charge in [-0.25, -0.2) is 4.98 Å². The predicted octanol–water partition coefficient (Wildman–Crippen LogP) is 1.95. The van der Waals surface area contributed by atoms with Crippen molar-refractivity contribution < 1.29 is 4.74 Å². The number of nitrogens with one attached hydrogen (secondary N) is 1. The van der Waals surface area contributed by atoms with Crippen LogP contribution in [0.15, 0.2) is 12.1 Å². The number of H-pyrrole nitrogens is 1. The molecule has 0 aromatic carbocycles. The van der Waals surface area contributed by atoms with Crippen LogP contribution in [0.4, 0.5) is 0 Å². The molecule has 1 fully saturated rings. The first-order chi connectivity index (χ1) is 8.76. The third-order valence-electron chi connectivity index (χ3n) is 3.49. The summed E-state index contributed by atoms with van der Waals surface area (Å²) in [5, 5.41) is 0. The number of fused-ring (bicyclic) bond motifs is 1. The van der Waals surface area contributed by atoms with Crippen molar-refractivity contribution in [2.45, 2.75) is 38.1 Å². The molecule has 0 spiro atoms. The summed E-state index contributed by atoms with van der Waals surface area (Å²) in [6, 6.07) is 4.16. The smallest absolute Gasteiger partial charge is 0.215 e. The summed E-state index contributed by atoms with van der Waals surface area (Å²) < 4.78 is 5.38. The van der Waals surface area contributed by atoms with Gasteiger partial charge in [0, 0.05) is 18.0 Å². The van der Waals surface area contributed by atoms with Crippen LogP contribution in [0.3, 0.4) is 0 Å². The van der Waals surface area contributed by atoms with Crippen LogP contribution in [0.1, 0.15) is 37.9 Å². The maximum Gasteiger partial charge on any atom is 0.215 e. The molecular formula is C13H18N4O. The lowest BCUT2D eigenvalue weighted by atomic mass is 10.1. The van der Waals surface area contributed by atoms with Gasteiger partial charge in [0.25, 0.3) is 0 Å². The van der Waals surface area contributed by atoms with Crippen LogP contribution in [0.2, 0.25) is 0 Å². The topological polar surface area (TPSA) is 76.8 Å². The normalized spacial score (nSPS) is 23.7. The van der Waals surface area contributed by atoms with Gasteiger partial charge in [0.2, 0.25) is 5.88 Å². The number of imidazole rings is 1. The molecular weight excluding hydrogens is 228 g/mol. The van der Waals surface area contributed by atoms with Gasteiger partial charge in [0.05, 0.1) is 12.1 Å². The van der Waals surface area contributed by atoms with E-state index in [4.69, 9.17) is 10.5 Å². The number of aromatic amines is 1. The van der Waals surface area contributed by atoms with Gasteiger partial charge in [0.15, 0.2) is 5.65 Å². The van der Waals surface area contributed by atoms with Crippen molar-refractivity contribution in [3.8, 4) is 5.88 Å². The SMILES string of the molecule is CCOc1ccc2[nH]c(C3CCC(N)C3)nc2n1. The largest absolute Gasteiger partial charge is 0.478 e. The van der Waals surface area contributed by atoms with Crippen LogP contribution in [0.5, 0.6) is 5.88 Å². The van der Waals surface area contributed by atoms with Crippen LogP contribution in [-0.2, 0) is 0 Å². The van der Waals surface area contributed by atoms with Gasteiger partial charge in [-0.3, -0.25) is 0 Å². The Morgan fingerprint density at radius 2 is 2.28 bits per heavy atom. The van der Waals surface area contributed by atoms with Gasteiger partial charge in [-0.15, -0.1) is 0 Å². The van der Waals surface area contributed by atoms with E-state index in [2.05, 4.69) is 15.0 Å². The molecule has 0 radical (unpaired) electrons. The second kappa shape index (κ2) is 4.57. The zero-order chi connectivity index (χ0) is 12.5. The van der Waals surface area contributed by atoms with Crippen LogP contribution in [0, 0.1) is 0 Å². The van der Waals surface area contributed by atoms with E-state index in [-0.39, 0.29) is 0 Å². The van der Waals surface area contributed by atoms with E-state index in [9.17, 15) is 0 Å². The van der Waals surface area contributed by atoms with Crippen molar-refractivity contribution in [1.82, 2.24) is 15.0 Å². The van der Waals surface area contributed by atoms with E-state index in [1.165, 1.54) is 0 Å². The zero-order valence-corrected chi connectivity index (χ0v) is 10.5. The fourth-order valence-corrected chi connectivity index (χ4v) is 2.58. The van der Waals surface area contributed by atoms with Crippen LogP contribution < -0.4 is 10.5 Å². The summed E-state index contributed by atoms with van der Waals surface area (Å²) >= 11 is 0. The van der Waals surface area contributed by atoms with Gasteiger partial charge >= 0.3 is 0 Å². The van der Waals surface area contributed by atoms with E-state index in [0.29, 0.717) is 24.4 Å². The van der Waals surface area contributed by atoms with Crippen molar-refractivity contribution in [3.63, 3.8) is 0 Å². The molecule has 2 unspecified atom stereocenters. The molecule has 5 heteroatoms. The second-order valence-electron chi connectivity index (χ2n) is 4.85. The second-order valence-corrected chi connectivity index (χ2v) is 4.85. The standard InChI is InChI=1S/C13H18N4O/c1-2-18-11-6-5-10-13(16-11)17-12(15-10)8-3-4-9(14)7-8/h5-6,8-9H,2-4,7,14H2,1H3,(H,15,16,17). The van der Waals surface area contributed by atoms with Crippen molar-refractivity contribution in [1.29, 1.82) is 0 Å². The van der Waals surface area contributed by atoms with E-state index in [1.807, 2.05) is 19.1 Å². The maximum absolute atomic E-state index is 5.94. The van der Waals surface area contributed by atoms with E-state index in [0.717, 1.165) is 36.3 Å². The Balaban J connectivity index is 1.90. The molecule has 0 saturated heterocycles. The van der Waals surface area contributed by atoms with E-state index in [1.54, 1.807) is 0 Å². The molecule has 1 aliphatic carbocycles. The zero-order valence-electron chi connectivity index (χ0n) is 10.5. The molecule has 0 bridgehead atoms. The highest BCUT2D eigenvalue weighted by atomic mass is 16.5. The Morgan fingerprint density at radius 3 is 3.00 bits per heavy atom. The average Bonchev–Trinajstić information content (AvgIpc) is 2.94. The van der Waals surface area contributed by atoms with Crippen molar-refractivity contribution in [3.05, 3.63) is 18.0 Å². The summed E-state index contributed by atoms with van der Waals surface area (Å²) in [5.41, 5.74) is 7.64. The third kappa shape index (κ3) is 2.06. The molecule has 3 rings (SSSR count). The minimum atomic E-state index is 0.315. The maximum atomic E-state index is 5.94. The van der Waals surface area contributed by atoms with E-state index >= 15 is 0 Å². The first-order valence-electron chi connectivity index (χ1n) is 6.51. The lowest BCUT2D eigenvalue weighted by molar-refractivity contribution is 0.328. The third-order valence-corrected chi connectivity index (χ3v) is 3.49. The van der Waals surface area contributed by atoms with Crippen molar-refractivity contribution in [2.75, 3.05) is 6.61 Å².